The van der Waals surface area contributed by atoms with Crippen molar-refractivity contribution in [2.24, 2.45) is 0 Å². The highest BCUT2D eigenvalue weighted by molar-refractivity contribution is 14.1. The average molecular weight is 364 g/mol. The van der Waals surface area contributed by atoms with E-state index in [9.17, 15) is 12.8 Å². The summed E-state index contributed by atoms with van der Waals surface area (Å²) in [5.74, 6) is -0.530. The highest BCUT2D eigenvalue weighted by atomic mass is 127. The van der Waals surface area contributed by atoms with Crippen LogP contribution in [-0.4, -0.2) is 14.2 Å². The lowest BCUT2D eigenvalue weighted by Crippen LogP contribution is -2.15. The van der Waals surface area contributed by atoms with Crippen molar-refractivity contribution in [3.05, 3.63) is 26.5 Å². The fourth-order valence-corrected chi connectivity index (χ4v) is 2.22. The minimum absolute atomic E-state index is 0.0582. The molecule has 1 rings (SSSR count). The second-order valence-corrected chi connectivity index (χ2v) is 6.20. The number of hydrogen-bond acceptors (Lipinski definition) is 2. The van der Waals surface area contributed by atoms with E-state index in [-0.39, 0.29) is 20.0 Å². The van der Waals surface area contributed by atoms with Crippen molar-refractivity contribution in [1.82, 2.24) is 0 Å². The number of rotatable bonds is 3. The van der Waals surface area contributed by atoms with Crippen molar-refractivity contribution in [3.8, 4) is 0 Å². The monoisotopic (exact) mass is 363 g/mol. The Bertz CT molecular complexity index is 478. The van der Waals surface area contributed by atoms with E-state index in [0.29, 0.717) is 0 Å². The molecule has 0 heterocycles. The quantitative estimate of drug-likeness (QED) is 0.663. The smallest absolute Gasteiger partial charge is 0.232 e. The molecular weight excluding hydrogens is 356 g/mol. The summed E-state index contributed by atoms with van der Waals surface area (Å²) in [7, 11) is -3.38. The zero-order valence-corrected chi connectivity index (χ0v) is 11.5. The van der Waals surface area contributed by atoms with Crippen molar-refractivity contribution >= 4 is 49.9 Å². The van der Waals surface area contributed by atoms with E-state index in [1.54, 1.807) is 22.6 Å². The SMILES string of the molecule is CCS(=O)(=O)Nc1ccc(F)c(I)c1Cl. The van der Waals surface area contributed by atoms with Crippen molar-refractivity contribution in [2.75, 3.05) is 10.5 Å². The molecule has 0 saturated heterocycles. The van der Waals surface area contributed by atoms with Crippen molar-refractivity contribution < 1.29 is 12.8 Å². The molecule has 0 aliphatic carbocycles. The Labute approximate surface area is 106 Å². The van der Waals surface area contributed by atoms with Crippen molar-refractivity contribution in [1.29, 1.82) is 0 Å². The summed E-state index contributed by atoms with van der Waals surface area (Å²) in [5, 5.41) is 0.0765. The van der Waals surface area contributed by atoms with Crippen LogP contribution in [-0.2, 0) is 10.0 Å². The van der Waals surface area contributed by atoms with Crippen LogP contribution < -0.4 is 4.72 Å². The van der Waals surface area contributed by atoms with Gasteiger partial charge in [-0.25, -0.2) is 12.8 Å². The van der Waals surface area contributed by atoms with Crippen molar-refractivity contribution in [2.45, 2.75) is 6.92 Å². The molecule has 0 spiro atoms. The van der Waals surface area contributed by atoms with E-state index >= 15 is 0 Å². The Kier molecular flexibility index (Phi) is 4.19. The molecule has 0 atom stereocenters. The van der Waals surface area contributed by atoms with E-state index in [2.05, 4.69) is 4.72 Å². The molecular formula is C8H8ClFINO2S. The molecule has 15 heavy (non-hydrogen) atoms. The number of halogens is 3. The molecule has 0 bridgehead atoms. The lowest BCUT2D eigenvalue weighted by molar-refractivity contribution is 0.602. The Balaban J connectivity index is 3.13. The molecule has 84 valence electrons. The van der Waals surface area contributed by atoms with Crippen molar-refractivity contribution in [3.63, 3.8) is 0 Å². The first-order valence-corrected chi connectivity index (χ1v) is 7.12. The summed E-state index contributed by atoms with van der Waals surface area (Å²) in [6, 6.07) is 2.47. The first-order valence-electron chi connectivity index (χ1n) is 4.01. The molecule has 0 unspecified atom stereocenters. The van der Waals surface area contributed by atoms with Gasteiger partial charge in [0.2, 0.25) is 10.0 Å². The highest BCUT2D eigenvalue weighted by Crippen LogP contribution is 2.29. The molecule has 7 heteroatoms. The van der Waals surface area contributed by atoms with E-state index < -0.39 is 15.8 Å². The van der Waals surface area contributed by atoms with Gasteiger partial charge in [-0.1, -0.05) is 11.6 Å². The third kappa shape index (κ3) is 3.18. The summed E-state index contributed by atoms with van der Waals surface area (Å²) >= 11 is 7.50. The number of benzene rings is 1. The average Bonchev–Trinajstić information content (AvgIpc) is 2.19. The molecule has 3 nitrogen and oxygen atoms in total. The molecule has 1 aromatic rings. The highest BCUT2D eigenvalue weighted by Gasteiger charge is 2.13. The lowest BCUT2D eigenvalue weighted by atomic mass is 10.3. The van der Waals surface area contributed by atoms with Gasteiger partial charge in [-0.3, -0.25) is 4.72 Å². The van der Waals surface area contributed by atoms with Gasteiger partial charge in [0, 0.05) is 0 Å². The second kappa shape index (κ2) is 4.84. The molecule has 0 amide bonds. The van der Waals surface area contributed by atoms with E-state index in [4.69, 9.17) is 11.6 Å². The van der Waals surface area contributed by atoms with Crippen LogP contribution in [0.3, 0.4) is 0 Å². The van der Waals surface area contributed by atoms with Gasteiger partial charge in [0.15, 0.2) is 0 Å². The standard InChI is InChI=1S/C8H8ClFINO2S/c1-2-15(13,14)12-6-4-3-5(10)8(11)7(6)9/h3-4,12H,2H2,1H3. The van der Waals surface area contributed by atoms with Gasteiger partial charge in [0.25, 0.3) is 0 Å². The third-order valence-electron chi connectivity index (χ3n) is 1.68. The molecule has 0 saturated carbocycles. The minimum Gasteiger partial charge on any atom is -0.282 e. The Morgan fingerprint density at radius 2 is 2.13 bits per heavy atom. The molecule has 0 radical (unpaired) electrons. The Morgan fingerprint density at radius 1 is 1.53 bits per heavy atom. The first kappa shape index (κ1) is 13.0. The fourth-order valence-electron chi connectivity index (χ4n) is 0.844. The summed E-state index contributed by atoms with van der Waals surface area (Å²) in [5.41, 5.74) is 0.198. The lowest BCUT2D eigenvalue weighted by Gasteiger charge is -2.09. The number of anilines is 1. The maximum Gasteiger partial charge on any atom is 0.232 e. The maximum absolute atomic E-state index is 13.0. The number of hydrogen-bond donors (Lipinski definition) is 1. The van der Waals surface area contributed by atoms with E-state index in [0.717, 1.165) is 0 Å². The molecule has 0 fully saturated rings. The third-order valence-corrected chi connectivity index (χ3v) is 4.74. The summed E-state index contributed by atoms with van der Waals surface area (Å²) < 4.78 is 38.0. The van der Waals surface area contributed by atoms with Gasteiger partial charge < -0.3 is 0 Å². The van der Waals surface area contributed by atoms with Gasteiger partial charge >= 0.3 is 0 Å². The van der Waals surface area contributed by atoms with Crippen LogP contribution in [0.15, 0.2) is 12.1 Å². The normalized spacial score (nSPS) is 11.5. The fraction of sp³-hybridized carbons (Fsp3) is 0.250. The van der Waals surface area contributed by atoms with Gasteiger partial charge in [0.1, 0.15) is 5.82 Å². The molecule has 0 aliphatic heterocycles. The van der Waals surface area contributed by atoms with Gasteiger partial charge in [-0.2, -0.15) is 0 Å². The zero-order chi connectivity index (χ0) is 11.6. The van der Waals surface area contributed by atoms with Crippen LogP contribution in [0.5, 0.6) is 0 Å². The van der Waals surface area contributed by atoms with Crippen LogP contribution >= 0.6 is 34.2 Å². The van der Waals surface area contributed by atoms with Crippen LogP contribution in [0.1, 0.15) is 6.92 Å². The van der Waals surface area contributed by atoms with Crippen LogP contribution in [0, 0.1) is 9.39 Å². The molecule has 0 aromatic heterocycles. The molecule has 1 aromatic carbocycles. The molecule has 1 N–H and O–H groups in total. The number of nitrogens with one attached hydrogen (secondary N) is 1. The minimum atomic E-state index is -3.38. The zero-order valence-electron chi connectivity index (χ0n) is 7.72. The van der Waals surface area contributed by atoms with Gasteiger partial charge in [-0.05, 0) is 41.6 Å². The summed E-state index contributed by atoms with van der Waals surface area (Å²) in [6.45, 7) is 1.50. The Morgan fingerprint density at radius 3 is 2.67 bits per heavy atom. The summed E-state index contributed by atoms with van der Waals surface area (Å²) in [6.07, 6.45) is 0. The largest absolute Gasteiger partial charge is 0.282 e. The number of sulfonamides is 1. The van der Waals surface area contributed by atoms with Crippen LogP contribution in [0.25, 0.3) is 0 Å². The van der Waals surface area contributed by atoms with Crippen LogP contribution in [0.2, 0.25) is 5.02 Å². The predicted octanol–water partition coefficient (Wildman–Crippen LogP) is 2.85. The van der Waals surface area contributed by atoms with E-state index in [1.807, 2.05) is 0 Å². The predicted molar refractivity (Wildman–Crippen MR) is 67.2 cm³/mol. The van der Waals surface area contributed by atoms with E-state index in [1.165, 1.54) is 19.1 Å². The van der Waals surface area contributed by atoms with Gasteiger partial charge in [-0.15, -0.1) is 0 Å². The first-order chi connectivity index (χ1) is 6.87. The molecule has 0 aliphatic rings. The summed E-state index contributed by atoms with van der Waals surface area (Å²) in [4.78, 5) is 0. The topological polar surface area (TPSA) is 46.2 Å². The van der Waals surface area contributed by atoms with Crippen LogP contribution in [0.4, 0.5) is 10.1 Å². The Hall–Kier alpha value is -0.0800. The van der Waals surface area contributed by atoms with Gasteiger partial charge in [0.05, 0.1) is 20.0 Å². The maximum atomic E-state index is 13.0. The second-order valence-electron chi connectivity index (χ2n) is 2.73.